The molecule has 0 saturated carbocycles. The molecule has 0 spiro atoms. The summed E-state index contributed by atoms with van der Waals surface area (Å²) in [5.41, 5.74) is -0.167. The zero-order chi connectivity index (χ0) is 22.1. The molecule has 0 radical (unpaired) electrons. The number of rotatable bonds is 6. The number of cyclic esters (lactones) is 1. The molecule has 12 heteroatoms. The van der Waals surface area contributed by atoms with Gasteiger partial charge in [0.2, 0.25) is 10.0 Å². The van der Waals surface area contributed by atoms with Crippen LogP contribution in [-0.2, 0) is 14.8 Å². The minimum absolute atomic E-state index is 0.0640. The number of ether oxygens (including phenoxy) is 1. The Balaban J connectivity index is 1.71. The van der Waals surface area contributed by atoms with Crippen LogP contribution in [0.5, 0.6) is 0 Å². The number of anilines is 2. The van der Waals surface area contributed by atoms with Crippen LogP contribution >= 0.6 is 12.2 Å². The number of nitrogens with zero attached hydrogens (tertiary/aromatic N) is 3. The average Bonchev–Trinajstić information content (AvgIpc) is 3.06. The number of amides is 1. The Morgan fingerprint density at radius 2 is 1.83 bits per heavy atom. The first-order chi connectivity index (χ1) is 14.1. The molecule has 30 heavy (non-hydrogen) atoms. The van der Waals surface area contributed by atoms with Crippen molar-refractivity contribution in [2.24, 2.45) is 0 Å². The Labute approximate surface area is 179 Å². The zero-order valence-electron chi connectivity index (χ0n) is 16.7. The number of carbonyl (C=O) groups excluding carboxylic acids is 1. The fourth-order valence-electron chi connectivity index (χ4n) is 3.44. The molecule has 0 aliphatic carbocycles. The van der Waals surface area contributed by atoms with Crippen LogP contribution in [0.3, 0.4) is 0 Å². The van der Waals surface area contributed by atoms with Gasteiger partial charge >= 0.3 is 6.09 Å². The molecule has 3 rings (SSSR count). The van der Waals surface area contributed by atoms with Crippen molar-refractivity contribution in [1.29, 1.82) is 0 Å². The summed E-state index contributed by atoms with van der Waals surface area (Å²) in [5, 5.41) is 2.98. The molecule has 1 atom stereocenters. The van der Waals surface area contributed by atoms with E-state index in [0.717, 1.165) is 18.4 Å². The Morgan fingerprint density at radius 3 is 2.37 bits per heavy atom. The van der Waals surface area contributed by atoms with Crippen molar-refractivity contribution >= 4 is 44.7 Å². The third-order valence-corrected chi connectivity index (χ3v) is 6.80. The first-order valence-corrected chi connectivity index (χ1v) is 11.8. The average molecular weight is 463 g/mol. The maximum Gasteiger partial charge on any atom is 0.414 e. The number of thiocarbonyl (C=S) groups is 1. The fraction of sp³-hybridized carbons (Fsp3) is 0.556. The Bertz CT molecular complexity index is 913. The normalized spacial score (nSPS) is 20.4. The number of benzene rings is 1. The second-order valence-corrected chi connectivity index (χ2v) is 9.66. The number of hydrogen-bond donors (Lipinski definition) is 1. The van der Waals surface area contributed by atoms with Crippen LogP contribution in [0.4, 0.5) is 25.0 Å². The van der Waals surface area contributed by atoms with Gasteiger partial charge in [0.15, 0.2) is 11.6 Å². The highest BCUT2D eigenvalue weighted by molar-refractivity contribution is 7.88. The second-order valence-electron chi connectivity index (χ2n) is 7.18. The van der Waals surface area contributed by atoms with E-state index in [9.17, 15) is 22.0 Å². The molecule has 0 bridgehead atoms. The maximum atomic E-state index is 14.8. The minimum atomic E-state index is -3.35. The van der Waals surface area contributed by atoms with Crippen LogP contribution in [-0.4, -0.2) is 75.4 Å². The molecule has 2 aliphatic heterocycles. The van der Waals surface area contributed by atoms with Crippen molar-refractivity contribution in [3.8, 4) is 0 Å². The van der Waals surface area contributed by atoms with Crippen LogP contribution in [0.2, 0.25) is 0 Å². The largest absolute Gasteiger partial charge is 0.442 e. The summed E-state index contributed by atoms with van der Waals surface area (Å²) in [6.45, 7) is 2.98. The molecule has 166 valence electrons. The van der Waals surface area contributed by atoms with Gasteiger partial charge in [0, 0.05) is 38.3 Å². The number of nitrogens with one attached hydrogen (secondary N) is 1. The summed E-state index contributed by atoms with van der Waals surface area (Å²) in [4.78, 5) is 15.5. The molecule has 2 heterocycles. The van der Waals surface area contributed by atoms with E-state index in [1.165, 1.54) is 14.1 Å². The molecule has 0 aromatic heterocycles. The Morgan fingerprint density at radius 1 is 1.23 bits per heavy atom. The van der Waals surface area contributed by atoms with Gasteiger partial charge in [-0.15, -0.1) is 0 Å². The first-order valence-electron chi connectivity index (χ1n) is 9.54. The fourth-order valence-corrected chi connectivity index (χ4v) is 4.35. The number of piperazine rings is 1. The van der Waals surface area contributed by atoms with E-state index in [1.807, 2.05) is 6.92 Å². The highest BCUT2D eigenvalue weighted by atomic mass is 32.2. The predicted molar refractivity (Wildman–Crippen MR) is 113 cm³/mol. The highest BCUT2D eigenvalue weighted by Crippen LogP contribution is 2.31. The predicted octanol–water partition coefficient (Wildman–Crippen LogP) is 1.70. The Hall–Kier alpha value is -2.05. The van der Waals surface area contributed by atoms with Crippen molar-refractivity contribution in [1.82, 2.24) is 9.62 Å². The Kier molecular flexibility index (Phi) is 6.78. The lowest BCUT2D eigenvalue weighted by Gasteiger charge is -2.35. The van der Waals surface area contributed by atoms with Gasteiger partial charge in [0.05, 0.1) is 30.0 Å². The van der Waals surface area contributed by atoms with E-state index in [4.69, 9.17) is 17.0 Å². The smallest absolute Gasteiger partial charge is 0.414 e. The van der Waals surface area contributed by atoms with Crippen LogP contribution in [0.15, 0.2) is 12.1 Å². The number of hydrogen-bond acceptors (Lipinski definition) is 6. The lowest BCUT2D eigenvalue weighted by molar-refractivity contribution is 0.143. The lowest BCUT2D eigenvalue weighted by atomic mass is 10.2. The van der Waals surface area contributed by atoms with Crippen LogP contribution in [0.1, 0.15) is 13.3 Å². The summed E-state index contributed by atoms with van der Waals surface area (Å²) in [6, 6.07) is 2.18. The molecular formula is C18H24F2N4O4S2. The number of sulfonamides is 1. The van der Waals surface area contributed by atoms with Gasteiger partial charge in [-0.3, -0.25) is 4.90 Å². The van der Waals surface area contributed by atoms with Gasteiger partial charge < -0.3 is 15.0 Å². The van der Waals surface area contributed by atoms with Crippen molar-refractivity contribution < 1.29 is 26.7 Å². The summed E-state index contributed by atoms with van der Waals surface area (Å²) in [7, 11) is -3.35. The van der Waals surface area contributed by atoms with E-state index in [1.54, 1.807) is 0 Å². The molecule has 1 unspecified atom stereocenters. The molecule has 2 saturated heterocycles. The molecular weight excluding hydrogens is 438 g/mol. The van der Waals surface area contributed by atoms with Gasteiger partial charge in [-0.05, 0) is 6.42 Å². The molecule has 1 aromatic carbocycles. The summed E-state index contributed by atoms with van der Waals surface area (Å²) >= 11 is 5.07. The standard InChI is InChI=1S/C18H24F2N4O4S2/c1-3-16(29)21-10-13-11-24(18(25)28-13)12-8-14(19)17(15(20)9-12)22-4-6-23(7-5-22)30(2,26)27/h8-9,13H,3-7,10-11H2,1-2H3,(H,21,29). The minimum Gasteiger partial charge on any atom is -0.442 e. The topological polar surface area (TPSA) is 82.2 Å². The van der Waals surface area contributed by atoms with Gasteiger partial charge in [-0.2, -0.15) is 4.31 Å². The summed E-state index contributed by atoms with van der Waals surface area (Å²) in [6.07, 6.45) is 0.594. The van der Waals surface area contributed by atoms with Gasteiger partial charge in [0.25, 0.3) is 0 Å². The van der Waals surface area contributed by atoms with E-state index >= 15 is 0 Å². The van der Waals surface area contributed by atoms with Gasteiger partial charge in [-0.1, -0.05) is 19.1 Å². The summed E-state index contributed by atoms with van der Waals surface area (Å²) < 4.78 is 59.3. The molecule has 1 N–H and O–H groups in total. The highest BCUT2D eigenvalue weighted by Gasteiger charge is 2.34. The van der Waals surface area contributed by atoms with E-state index < -0.39 is 33.9 Å². The van der Waals surface area contributed by atoms with Crippen molar-refractivity contribution in [3.05, 3.63) is 23.8 Å². The van der Waals surface area contributed by atoms with Crippen molar-refractivity contribution in [2.45, 2.75) is 19.4 Å². The molecule has 1 aromatic rings. The van der Waals surface area contributed by atoms with Crippen molar-refractivity contribution in [3.63, 3.8) is 0 Å². The van der Waals surface area contributed by atoms with Gasteiger partial charge in [-0.25, -0.2) is 22.0 Å². The zero-order valence-corrected chi connectivity index (χ0v) is 18.4. The number of halogens is 2. The van der Waals surface area contributed by atoms with Crippen LogP contribution < -0.4 is 15.1 Å². The summed E-state index contributed by atoms with van der Waals surface area (Å²) in [5.74, 6) is -1.64. The monoisotopic (exact) mass is 462 g/mol. The molecule has 8 nitrogen and oxygen atoms in total. The molecule has 1 amide bonds. The van der Waals surface area contributed by atoms with E-state index in [-0.39, 0.29) is 44.1 Å². The second kappa shape index (κ2) is 8.98. The van der Waals surface area contributed by atoms with E-state index in [2.05, 4.69) is 5.32 Å². The molecule has 2 aliphatic rings. The van der Waals surface area contributed by atoms with Crippen molar-refractivity contribution in [2.75, 3.05) is 55.3 Å². The lowest BCUT2D eigenvalue weighted by Crippen LogP contribution is -2.48. The SMILES string of the molecule is CCC(=S)NCC1CN(c2cc(F)c(N3CCN(S(C)(=O)=O)CC3)c(F)c2)C(=O)O1. The molecule has 2 fully saturated rings. The quantitative estimate of drug-likeness (QED) is 0.645. The third kappa shape index (κ3) is 4.98. The third-order valence-electron chi connectivity index (χ3n) is 5.06. The number of carbonyl (C=O) groups is 1. The van der Waals surface area contributed by atoms with Crippen LogP contribution in [0.25, 0.3) is 0 Å². The maximum absolute atomic E-state index is 14.8. The van der Waals surface area contributed by atoms with Crippen LogP contribution in [0, 0.1) is 11.6 Å². The first kappa shape index (κ1) is 22.6. The van der Waals surface area contributed by atoms with E-state index in [0.29, 0.717) is 18.0 Å². The van der Waals surface area contributed by atoms with Gasteiger partial charge in [0.1, 0.15) is 11.8 Å².